The number of carbonyl (C=O) groups excluding carboxylic acids is 1. The lowest BCUT2D eigenvalue weighted by atomic mass is 10.3. The Hall–Kier alpha value is -1.19. The average molecular weight is 382 g/mol. The molecule has 0 aromatic heterocycles. The standard InChI is InChI=1S/C12H17BrFN3O3S/c1-7(2)16-12(18)6-17(3)21(19,20)11-5-10(15)9(14)4-8(11)13/h4-5,7H,6,15H2,1-3H3,(H,16,18). The Kier molecular flexibility index (Phi) is 5.71. The summed E-state index contributed by atoms with van der Waals surface area (Å²) in [5.41, 5.74) is 5.11. The molecule has 1 aromatic rings. The number of nitrogens with zero attached hydrogens (tertiary/aromatic N) is 1. The minimum Gasteiger partial charge on any atom is -0.396 e. The molecular weight excluding hydrogens is 365 g/mol. The molecule has 9 heteroatoms. The number of nitrogen functional groups attached to an aromatic ring is 1. The van der Waals surface area contributed by atoms with E-state index in [2.05, 4.69) is 21.2 Å². The van der Waals surface area contributed by atoms with Crippen LogP contribution in [0, 0.1) is 5.82 Å². The van der Waals surface area contributed by atoms with E-state index >= 15 is 0 Å². The molecule has 0 aliphatic carbocycles. The van der Waals surface area contributed by atoms with Crippen molar-refractivity contribution < 1.29 is 17.6 Å². The second-order valence-corrected chi connectivity index (χ2v) is 7.66. The Bertz CT molecular complexity index is 649. The molecule has 0 heterocycles. The highest BCUT2D eigenvalue weighted by Crippen LogP contribution is 2.28. The van der Waals surface area contributed by atoms with E-state index in [-0.39, 0.29) is 27.6 Å². The lowest BCUT2D eigenvalue weighted by molar-refractivity contribution is -0.121. The predicted octanol–water partition coefficient (Wildman–Crippen LogP) is 1.32. The normalized spacial score (nSPS) is 12.0. The lowest BCUT2D eigenvalue weighted by Crippen LogP contribution is -2.40. The van der Waals surface area contributed by atoms with E-state index < -0.39 is 21.7 Å². The molecule has 3 N–H and O–H groups in total. The van der Waals surface area contributed by atoms with E-state index in [0.29, 0.717) is 0 Å². The van der Waals surface area contributed by atoms with Crippen molar-refractivity contribution in [3.63, 3.8) is 0 Å². The largest absolute Gasteiger partial charge is 0.396 e. The van der Waals surface area contributed by atoms with Gasteiger partial charge in [0.2, 0.25) is 15.9 Å². The monoisotopic (exact) mass is 381 g/mol. The molecule has 0 aliphatic rings. The zero-order valence-corrected chi connectivity index (χ0v) is 14.3. The van der Waals surface area contributed by atoms with Gasteiger partial charge in [0, 0.05) is 17.6 Å². The van der Waals surface area contributed by atoms with Gasteiger partial charge in [0.15, 0.2) is 0 Å². The van der Waals surface area contributed by atoms with Crippen molar-refractivity contribution >= 4 is 37.5 Å². The molecule has 1 aromatic carbocycles. The van der Waals surface area contributed by atoms with Crippen molar-refractivity contribution in [2.45, 2.75) is 24.8 Å². The topological polar surface area (TPSA) is 92.5 Å². The van der Waals surface area contributed by atoms with Gasteiger partial charge in [0.05, 0.1) is 17.1 Å². The lowest BCUT2D eigenvalue weighted by Gasteiger charge is -2.19. The molecule has 1 rings (SSSR count). The number of hydrogen-bond donors (Lipinski definition) is 2. The van der Waals surface area contributed by atoms with Gasteiger partial charge < -0.3 is 11.1 Å². The van der Waals surface area contributed by atoms with Crippen LogP contribution >= 0.6 is 15.9 Å². The molecule has 0 spiro atoms. The highest BCUT2D eigenvalue weighted by molar-refractivity contribution is 9.10. The third kappa shape index (κ3) is 4.39. The maximum absolute atomic E-state index is 13.3. The molecule has 118 valence electrons. The Morgan fingerprint density at radius 2 is 2.05 bits per heavy atom. The zero-order chi connectivity index (χ0) is 16.4. The number of nitrogens with two attached hydrogens (primary N) is 1. The molecule has 0 unspecified atom stereocenters. The molecule has 0 aliphatic heterocycles. The number of likely N-dealkylation sites (N-methyl/N-ethyl adjacent to an activating group) is 1. The van der Waals surface area contributed by atoms with Gasteiger partial charge in [-0.15, -0.1) is 0 Å². The SMILES string of the molecule is CC(C)NC(=O)CN(C)S(=O)(=O)c1cc(N)c(F)cc1Br. The molecule has 0 atom stereocenters. The van der Waals surface area contributed by atoms with E-state index in [9.17, 15) is 17.6 Å². The van der Waals surface area contributed by atoms with E-state index in [1.165, 1.54) is 7.05 Å². The van der Waals surface area contributed by atoms with Crippen LogP contribution in [0.3, 0.4) is 0 Å². The van der Waals surface area contributed by atoms with Gasteiger partial charge in [-0.3, -0.25) is 4.79 Å². The van der Waals surface area contributed by atoms with E-state index in [1.54, 1.807) is 13.8 Å². The zero-order valence-electron chi connectivity index (χ0n) is 11.9. The second kappa shape index (κ2) is 6.71. The summed E-state index contributed by atoms with van der Waals surface area (Å²) >= 11 is 2.99. The molecule has 6 nitrogen and oxygen atoms in total. The Labute approximate surface area is 131 Å². The van der Waals surface area contributed by atoms with Crippen molar-refractivity contribution in [1.82, 2.24) is 9.62 Å². The van der Waals surface area contributed by atoms with E-state index in [1.807, 2.05) is 0 Å². The van der Waals surface area contributed by atoms with Gasteiger partial charge in [-0.1, -0.05) is 0 Å². The van der Waals surface area contributed by atoms with Crippen LogP contribution in [0.5, 0.6) is 0 Å². The quantitative estimate of drug-likeness (QED) is 0.752. The number of anilines is 1. The molecule has 1 amide bonds. The van der Waals surface area contributed by atoms with Crippen LogP contribution in [0.4, 0.5) is 10.1 Å². The first-order chi connectivity index (χ1) is 9.55. The summed E-state index contributed by atoms with van der Waals surface area (Å²) in [4.78, 5) is 11.4. The van der Waals surface area contributed by atoms with Crippen molar-refractivity contribution in [2.24, 2.45) is 0 Å². The van der Waals surface area contributed by atoms with E-state index in [4.69, 9.17) is 5.73 Å². The van der Waals surface area contributed by atoms with Crippen molar-refractivity contribution in [1.29, 1.82) is 0 Å². The maximum atomic E-state index is 13.3. The maximum Gasteiger partial charge on any atom is 0.244 e. The molecule has 0 fully saturated rings. The first-order valence-electron chi connectivity index (χ1n) is 6.06. The smallest absolute Gasteiger partial charge is 0.244 e. The van der Waals surface area contributed by atoms with Gasteiger partial charge in [-0.05, 0) is 41.9 Å². The first-order valence-corrected chi connectivity index (χ1v) is 8.29. The van der Waals surface area contributed by atoms with Crippen LogP contribution in [0.25, 0.3) is 0 Å². The first kappa shape index (κ1) is 17.9. The molecule has 0 saturated heterocycles. The summed E-state index contributed by atoms with van der Waals surface area (Å²) < 4.78 is 38.9. The summed E-state index contributed by atoms with van der Waals surface area (Å²) in [6.45, 7) is 3.19. The summed E-state index contributed by atoms with van der Waals surface area (Å²) in [5, 5.41) is 2.59. The van der Waals surface area contributed by atoms with Gasteiger partial charge >= 0.3 is 0 Å². The van der Waals surface area contributed by atoms with Crippen molar-refractivity contribution in [2.75, 3.05) is 19.3 Å². The minimum atomic E-state index is -3.96. The third-order valence-electron chi connectivity index (χ3n) is 2.56. The van der Waals surface area contributed by atoms with Crippen molar-refractivity contribution in [3.8, 4) is 0 Å². The summed E-state index contributed by atoms with van der Waals surface area (Å²) in [6.07, 6.45) is 0. The van der Waals surface area contributed by atoms with Crippen LogP contribution in [-0.4, -0.2) is 38.3 Å². The highest BCUT2D eigenvalue weighted by atomic mass is 79.9. The Morgan fingerprint density at radius 3 is 2.57 bits per heavy atom. The van der Waals surface area contributed by atoms with Crippen LogP contribution in [0.2, 0.25) is 0 Å². The summed E-state index contributed by atoms with van der Waals surface area (Å²) in [7, 11) is -2.70. The fourth-order valence-electron chi connectivity index (χ4n) is 1.57. The molecular formula is C12H17BrFN3O3S. The number of halogens is 2. The predicted molar refractivity (Wildman–Crippen MR) is 81.6 cm³/mol. The third-order valence-corrected chi connectivity index (χ3v) is 5.32. The summed E-state index contributed by atoms with van der Waals surface area (Å²) in [5.74, 6) is -1.15. The van der Waals surface area contributed by atoms with Gasteiger partial charge in [0.1, 0.15) is 5.82 Å². The number of benzene rings is 1. The van der Waals surface area contributed by atoms with E-state index in [0.717, 1.165) is 16.4 Å². The summed E-state index contributed by atoms with van der Waals surface area (Å²) in [6, 6.07) is 1.90. The number of carbonyl (C=O) groups is 1. The van der Waals surface area contributed by atoms with Crippen LogP contribution < -0.4 is 11.1 Å². The number of hydrogen-bond acceptors (Lipinski definition) is 4. The molecule has 0 saturated carbocycles. The Morgan fingerprint density at radius 1 is 1.48 bits per heavy atom. The fraction of sp³-hybridized carbons (Fsp3) is 0.417. The number of amides is 1. The fourth-order valence-corrected chi connectivity index (χ4v) is 3.70. The van der Waals surface area contributed by atoms with Crippen molar-refractivity contribution in [3.05, 3.63) is 22.4 Å². The van der Waals surface area contributed by atoms with Gasteiger partial charge in [-0.2, -0.15) is 4.31 Å². The average Bonchev–Trinajstić information content (AvgIpc) is 2.32. The number of sulfonamides is 1. The van der Waals surface area contributed by atoms with Crippen LogP contribution in [0.1, 0.15) is 13.8 Å². The molecule has 0 radical (unpaired) electrons. The highest BCUT2D eigenvalue weighted by Gasteiger charge is 2.26. The number of nitrogens with one attached hydrogen (secondary N) is 1. The van der Waals surface area contributed by atoms with Crippen LogP contribution in [-0.2, 0) is 14.8 Å². The minimum absolute atomic E-state index is 0.0466. The molecule has 0 bridgehead atoms. The van der Waals surface area contributed by atoms with Crippen LogP contribution in [0.15, 0.2) is 21.5 Å². The second-order valence-electron chi connectivity index (χ2n) is 4.79. The van der Waals surface area contributed by atoms with Gasteiger partial charge in [0.25, 0.3) is 0 Å². The number of rotatable bonds is 5. The molecule has 21 heavy (non-hydrogen) atoms. The Balaban J connectivity index is 3.06. The van der Waals surface area contributed by atoms with Gasteiger partial charge in [-0.25, -0.2) is 12.8 Å².